The van der Waals surface area contributed by atoms with Crippen LogP contribution in [0.3, 0.4) is 0 Å². The van der Waals surface area contributed by atoms with Gasteiger partial charge in [-0.25, -0.2) is 9.10 Å². The quantitative estimate of drug-likeness (QED) is 0.581. The molecule has 28 heavy (non-hydrogen) atoms. The van der Waals surface area contributed by atoms with Gasteiger partial charge in [-0.05, 0) is 61.4 Å². The molecule has 0 atom stereocenters. The van der Waals surface area contributed by atoms with Crippen LogP contribution < -0.4 is 9.47 Å². The van der Waals surface area contributed by atoms with E-state index < -0.39 is 6.09 Å². The van der Waals surface area contributed by atoms with Crippen LogP contribution in [0.15, 0.2) is 41.3 Å². The van der Waals surface area contributed by atoms with Gasteiger partial charge in [-0.2, -0.15) is 0 Å². The molecule has 0 fully saturated rings. The number of hydrogen-bond donors (Lipinski definition) is 0. The minimum Gasteiger partial charge on any atom is -0.483 e. The summed E-state index contributed by atoms with van der Waals surface area (Å²) in [5.41, 5.74) is 3.30. The highest BCUT2D eigenvalue weighted by Gasteiger charge is 2.33. The molecule has 1 heterocycles. The first-order valence-electron chi connectivity index (χ1n) is 9.52. The standard InChI is InChI=1S/C23H29NO3S/c1-15-13-17(22(2,3)4)11-12-19(15)28-24(7)21(25)26-18-10-8-9-16-14-23(5,6)27-20(16)18/h8-13H,14H2,1-7H3. The van der Waals surface area contributed by atoms with Crippen molar-refractivity contribution in [1.29, 1.82) is 0 Å². The summed E-state index contributed by atoms with van der Waals surface area (Å²) in [6.07, 6.45) is 0.378. The number of aryl methyl sites for hydroxylation is 1. The Morgan fingerprint density at radius 1 is 1.21 bits per heavy atom. The molecule has 150 valence electrons. The zero-order valence-electron chi connectivity index (χ0n) is 17.8. The molecule has 2 aromatic carbocycles. The number of benzene rings is 2. The van der Waals surface area contributed by atoms with E-state index in [1.54, 1.807) is 13.1 Å². The van der Waals surface area contributed by atoms with E-state index in [2.05, 4.69) is 45.9 Å². The van der Waals surface area contributed by atoms with E-state index in [0.717, 1.165) is 22.4 Å². The molecule has 4 nitrogen and oxygen atoms in total. The van der Waals surface area contributed by atoms with E-state index in [9.17, 15) is 4.79 Å². The summed E-state index contributed by atoms with van der Waals surface area (Å²) in [5.74, 6) is 1.14. The van der Waals surface area contributed by atoms with Gasteiger partial charge in [-0.3, -0.25) is 0 Å². The lowest BCUT2D eigenvalue weighted by Crippen LogP contribution is -2.26. The van der Waals surface area contributed by atoms with Crippen molar-refractivity contribution in [2.24, 2.45) is 0 Å². The molecule has 1 aliphatic heterocycles. The van der Waals surface area contributed by atoms with Gasteiger partial charge in [-0.1, -0.05) is 45.0 Å². The molecule has 1 amide bonds. The van der Waals surface area contributed by atoms with Crippen molar-refractivity contribution in [3.8, 4) is 11.5 Å². The number of amides is 1. The number of hydrogen-bond acceptors (Lipinski definition) is 4. The lowest BCUT2D eigenvalue weighted by molar-refractivity contribution is 0.132. The monoisotopic (exact) mass is 399 g/mol. The van der Waals surface area contributed by atoms with E-state index in [1.807, 2.05) is 26.0 Å². The predicted octanol–water partition coefficient (Wildman–Crippen LogP) is 6.14. The molecule has 0 spiro atoms. The summed E-state index contributed by atoms with van der Waals surface area (Å²) in [4.78, 5) is 13.7. The number of ether oxygens (including phenoxy) is 2. The maximum absolute atomic E-state index is 12.6. The van der Waals surface area contributed by atoms with Gasteiger partial charge >= 0.3 is 6.09 Å². The minimum absolute atomic E-state index is 0.0975. The van der Waals surface area contributed by atoms with Crippen molar-refractivity contribution in [1.82, 2.24) is 4.31 Å². The molecule has 0 aromatic heterocycles. The fourth-order valence-corrected chi connectivity index (χ4v) is 3.97. The van der Waals surface area contributed by atoms with Crippen molar-refractivity contribution < 1.29 is 14.3 Å². The lowest BCUT2D eigenvalue weighted by Gasteiger charge is -2.22. The normalized spacial score (nSPS) is 15.0. The molecule has 0 N–H and O–H groups in total. The van der Waals surface area contributed by atoms with Crippen molar-refractivity contribution in [3.63, 3.8) is 0 Å². The SMILES string of the molecule is Cc1cc(C(C)(C)C)ccc1SN(C)C(=O)Oc1cccc2c1OC(C)(C)C2. The molecule has 5 heteroatoms. The third kappa shape index (κ3) is 4.46. The Hall–Kier alpha value is -2.14. The maximum Gasteiger partial charge on any atom is 0.425 e. The molecule has 0 aliphatic carbocycles. The van der Waals surface area contributed by atoms with Gasteiger partial charge in [0, 0.05) is 23.9 Å². The average Bonchev–Trinajstić information content (AvgIpc) is 2.90. The summed E-state index contributed by atoms with van der Waals surface area (Å²) >= 11 is 1.37. The van der Waals surface area contributed by atoms with Crippen LogP contribution in [-0.4, -0.2) is 23.0 Å². The summed E-state index contributed by atoms with van der Waals surface area (Å²) in [5, 5.41) is 0. The molecule has 0 unspecified atom stereocenters. The maximum atomic E-state index is 12.6. The fourth-order valence-electron chi connectivity index (χ4n) is 3.23. The molecule has 1 aliphatic rings. The zero-order valence-corrected chi connectivity index (χ0v) is 18.6. The van der Waals surface area contributed by atoms with E-state index >= 15 is 0 Å². The molecule has 0 bridgehead atoms. The molecule has 0 radical (unpaired) electrons. The van der Waals surface area contributed by atoms with Crippen LogP contribution in [0, 0.1) is 6.92 Å². The van der Waals surface area contributed by atoms with E-state index in [0.29, 0.717) is 11.5 Å². The zero-order chi connectivity index (χ0) is 20.7. The van der Waals surface area contributed by atoms with Gasteiger partial charge in [0.25, 0.3) is 0 Å². The topological polar surface area (TPSA) is 38.8 Å². The Bertz CT molecular complexity index is 899. The Morgan fingerprint density at radius 3 is 2.57 bits per heavy atom. The van der Waals surface area contributed by atoms with Crippen LogP contribution >= 0.6 is 11.9 Å². The third-order valence-corrected chi connectivity index (χ3v) is 5.86. The number of rotatable bonds is 3. The van der Waals surface area contributed by atoms with Gasteiger partial charge in [0.05, 0.1) is 0 Å². The van der Waals surface area contributed by atoms with Gasteiger partial charge in [-0.15, -0.1) is 0 Å². The van der Waals surface area contributed by atoms with E-state index in [4.69, 9.17) is 9.47 Å². The smallest absolute Gasteiger partial charge is 0.425 e. The van der Waals surface area contributed by atoms with Crippen LogP contribution in [0.2, 0.25) is 0 Å². The van der Waals surface area contributed by atoms with Crippen LogP contribution in [0.25, 0.3) is 0 Å². The lowest BCUT2D eigenvalue weighted by atomic mass is 9.86. The average molecular weight is 400 g/mol. The second kappa shape index (κ2) is 7.36. The van der Waals surface area contributed by atoms with Gasteiger partial charge < -0.3 is 9.47 Å². The van der Waals surface area contributed by atoms with Crippen LogP contribution in [-0.2, 0) is 11.8 Å². The summed E-state index contributed by atoms with van der Waals surface area (Å²) in [6, 6.07) is 12.1. The Kier molecular flexibility index (Phi) is 5.41. The molecule has 2 aromatic rings. The van der Waals surface area contributed by atoms with Crippen molar-refractivity contribution in [2.45, 2.75) is 63.9 Å². The highest BCUT2D eigenvalue weighted by molar-refractivity contribution is 7.97. The number of fused-ring (bicyclic) bond motifs is 1. The molecular formula is C23H29NO3S. The Balaban J connectivity index is 1.71. The molecule has 0 saturated carbocycles. The second-order valence-electron chi connectivity index (χ2n) is 8.97. The molecular weight excluding hydrogens is 370 g/mol. The predicted molar refractivity (Wildman–Crippen MR) is 114 cm³/mol. The van der Waals surface area contributed by atoms with Crippen LogP contribution in [0.5, 0.6) is 11.5 Å². The van der Waals surface area contributed by atoms with Gasteiger partial charge in [0.1, 0.15) is 5.60 Å². The molecule has 3 rings (SSSR count). The van der Waals surface area contributed by atoms with Crippen LogP contribution in [0.1, 0.15) is 51.3 Å². The first-order chi connectivity index (χ1) is 13.0. The summed E-state index contributed by atoms with van der Waals surface area (Å²) in [6.45, 7) is 12.7. The number of carbonyl (C=O) groups is 1. The van der Waals surface area contributed by atoms with E-state index in [-0.39, 0.29) is 11.0 Å². The van der Waals surface area contributed by atoms with Crippen molar-refractivity contribution >= 4 is 18.0 Å². The first kappa shape index (κ1) is 20.6. The Labute approximate surface area is 172 Å². The first-order valence-corrected chi connectivity index (χ1v) is 10.3. The largest absolute Gasteiger partial charge is 0.483 e. The van der Waals surface area contributed by atoms with Crippen LogP contribution in [0.4, 0.5) is 4.79 Å². The summed E-state index contributed by atoms with van der Waals surface area (Å²) in [7, 11) is 1.72. The highest BCUT2D eigenvalue weighted by atomic mass is 32.2. The molecule has 0 saturated heterocycles. The van der Waals surface area contributed by atoms with Crippen molar-refractivity contribution in [3.05, 3.63) is 53.1 Å². The van der Waals surface area contributed by atoms with E-state index in [1.165, 1.54) is 21.8 Å². The Morgan fingerprint density at radius 2 is 1.93 bits per heavy atom. The number of para-hydroxylation sites is 1. The van der Waals surface area contributed by atoms with Crippen molar-refractivity contribution in [2.75, 3.05) is 7.05 Å². The fraction of sp³-hybridized carbons (Fsp3) is 0.435. The summed E-state index contributed by atoms with van der Waals surface area (Å²) < 4.78 is 13.1. The van der Waals surface area contributed by atoms with Gasteiger partial charge in [0.2, 0.25) is 0 Å². The van der Waals surface area contributed by atoms with Gasteiger partial charge in [0.15, 0.2) is 11.5 Å². The highest BCUT2D eigenvalue weighted by Crippen LogP contribution is 2.42. The second-order valence-corrected chi connectivity index (χ2v) is 10.1. The number of nitrogens with zero attached hydrogens (tertiary/aromatic N) is 1. The minimum atomic E-state index is -0.425. The number of carbonyl (C=O) groups excluding carboxylic acids is 1. The third-order valence-electron chi connectivity index (χ3n) is 4.79.